The maximum absolute atomic E-state index is 13.4. The Labute approximate surface area is 231 Å². The molecule has 7 heteroatoms. The maximum Gasteiger partial charge on any atom is 0.248 e. The van der Waals surface area contributed by atoms with Crippen LogP contribution in [0.4, 0.5) is 4.39 Å². The van der Waals surface area contributed by atoms with Crippen molar-refractivity contribution >= 4 is 39.0 Å². The van der Waals surface area contributed by atoms with Gasteiger partial charge >= 0.3 is 0 Å². The third-order valence-electron chi connectivity index (χ3n) is 6.42. The first kappa shape index (κ1) is 27.4. The zero-order valence-corrected chi connectivity index (χ0v) is 23.0. The van der Waals surface area contributed by atoms with Gasteiger partial charge in [-0.15, -0.1) is 0 Å². The van der Waals surface area contributed by atoms with Crippen LogP contribution in [0.1, 0.15) is 36.0 Å². The summed E-state index contributed by atoms with van der Waals surface area (Å²) >= 11 is 9.62. The van der Waals surface area contributed by atoms with E-state index in [0.717, 1.165) is 70.4 Å². The third kappa shape index (κ3) is 7.91. The van der Waals surface area contributed by atoms with Crippen molar-refractivity contribution in [1.29, 1.82) is 0 Å². The number of halogens is 3. The van der Waals surface area contributed by atoms with Gasteiger partial charge in [-0.05, 0) is 95.0 Å². The summed E-state index contributed by atoms with van der Waals surface area (Å²) in [6.45, 7) is 2.53. The van der Waals surface area contributed by atoms with Crippen LogP contribution >= 0.6 is 27.5 Å². The van der Waals surface area contributed by atoms with Crippen LogP contribution in [-0.4, -0.2) is 32.1 Å². The summed E-state index contributed by atoms with van der Waals surface area (Å²) in [5.41, 5.74) is 5.31. The molecule has 3 aromatic rings. The molecule has 3 aromatic carbocycles. The summed E-state index contributed by atoms with van der Waals surface area (Å²) in [6.07, 6.45) is 4.15. The number of carbonyl (C=O) groups is 1. The van der Waals surface area contributed by atoms with Gasteiger partial charge in [0.15, 0.2) is 0 Å². The fourth-order valence-corrected chi connectivity index (χ4v) is 5.02. The van der Waals surface area contributed by atoms with Gasteiger partial charge in [-0.2, -0.15) is 0 Å². The highest BCUT2D eigenvalue weighted by Gasteiger charge is 2.20. The average molecular weight is 586 g/mol. The van der Waals surface area contributed by atoms with E-state index in [2.05, 4.69) is 50.8 Å². The van der Waals surface area contributed by atoms with E-state index in [-0.39, 0.29) is 11.7 Å². The molecule has 0 aliphatic carbocycles. The maximum atomic E-state index is 13.4. The van der Waals surface area contributed by atoms with E-state index in [9.17, 15) is 9.18 Å². The van der Waals surface area contributed by atoms with Gasteiger partial charge in [0.05, 0.1) is 11.1 Å². The molecule has 4 nitrogen and oxygen atoms in total. The van der Waals surface area contributed by atoms with E-state index in [4.69, 9.17) is 16.3 Å². The number of hydrogen-bond donors (Lipinski definition) is 2. The van der Waals surface area contributed by atoms with Gasteiger partial charge in [0, 0.05) is 29.8 Å². The first-order valence-electron chi connectivity index (χ1n) is 12.6. The Kier molecular flexibility index (Phi) is 10.2. The number of nitrogens with one attached hydrogen (secondary N) is 2. The lowest BCUT2D eigenvalue weighted by molar-refractivity contribution is -0.117. The van der Waals surface area contributed by atoms with E-state index < -0.39 is 0 Å². The monoisotopic (exact) mass is 584 g/mol. The van der Waals surface area contributed by atoms with E-state index >= 15 is 0 Å². The van der Waals surface area contributed by atoms with Crippen LogP contribution in [0.5, 0.6) is 5.75 Å². The number of hydrogen-bond acceptors (Lipinski definition) is 3. The molecule has 1 amide bonds. The number of carbonyl (C=O) groups excluding carboxylic acids is 1. The molecule has 1 heterocycles. The normalized spacial score (nSPS) is 13.5. The molecule has 0 spiro atoms. The highest BCUT2D eigenvalue weighted by Crippen LogP contribution is 2.27. The molecule has 0 aromatic heterocycles. The van der Waals surface area contributed by atoms with Crippen molar-refractivity contribution in [2.75, 3.05) is 26.2 Å². The van der Waals surface area contributed by atoms with Crippen molar-refractivity contribution < 1.29 is 13.9 Å². The number of benzene rings is 3. The van der Waals surface area contributed by atoms with Crippen molar-refractivity contribution in [3.05, 3.63) is 104 Å². The molecule has 2 N–H and O–H groups in total. The zero-order chi connectivity index (χ0) is 26.0. The Morgan fingerprint density at radius 1 is 1.05 bits per heavy atom. The quantitative estimate of drug-likeness (QED) is 0.245. The summed E-state index contributed by atoms with van der Waals surface area (Å²) in [7, 11) is 0. The lowest BCUT2D eigenvalue weighted by Crippen LogP contribution is -2.35. The first-order valence-corrected chi connectivity index (χ1v) is 13.8. The second-order valence-corrected chi connectivity index (χ2v) is 10.3. The molecular formula is C30H31BrClFN2O2. The Balaban J connectivity index is 1.29. The van der Waals surface area contributed by atoms with Gasteiger partial charge in [-0.1, -0.05) is 54.1 Å². The van der Waals surface area contributed by atoms with Gasteiger partial charge in [0.2, 0.25) is 5.91 Å². The topological polar surface area (TPSA) is 50.4 Å². The fourth-order valence-electron chi connectivity index (χ4n) is 4.43. The van der Waals surface area contributed by atoms with Crippen molar-refractivity contribution in [1.82, 2.24) is 10.6 Å². The first-order chi connectivity index (χ1) is 18.0. The van der Waals surface area contributed by atoms with E-state index in [1.165, 1.54) is 17.7 Å². The molecule has 0 atom stereocenters. The summed E-state index contributed by atoms with van der Waals surface area (Å²) in [4.78, 5) is 13.0. The molecule has 0 bridgehead atoms. The van der Waals surface area contributed by atoms with Gasteiger partial charge in [-0.3, -0.25) is 4.79 Å². The summed E-state index contributed by atoms with van der Waals surface area (Å²) in [5.74, 6) is 0.195. The molecule has 1 aliphatic heterocycles. The molecule has 4 rings (SSSR count). The second-order valence-electron chi connectivity index (χ2n) is 9.06. The molecule has 1 aliphatic rings. The highest BCUT2D eigenvalue weighted by molar-refractivity contribution is 9.10. The SMILES string of the molecule is O=C(NCCCc1ccccc1Cl)C1=C(c2ccc(CCCOc3cc(F)ccc3Br)cc2)CCNC1. The largest absolute Gasteiger partial charge is 0.492 e. The number of rotatable bonds is 11. The third-order valence-corrected chi connectivity index (χ3v) is 7.45. The Morgan fingerprint density at radius 2 is 1.86 bits per heavy atom. The molecule has 0 saturated heterocycles. The van der Waals surface area contributed by atoms with Crippen LogP contribution in [0.3, 0.4) is 0 Å². The van der Waals surface area contributed by atoms with Crippen molar-refractivity contribution in [3.8, 4) is 5.75 Å². The van der Waals surface area contributed by atoms with E-state index in [0.29, 0.717) is 25.4 Å². The summed E-state index contributed by atoms with van der Waals surface area (Å²) < 4.78 is 19.9. The standard InChI is InChI=1S/C30H31BrClFN2O2/c31-27-14-13-24(33)19-29(27)37-18-4-5-21-9-11-22(12-10-21)25-15-17-34-20-26(25)30(36)35-16-3-7-23-6-1-2-8-28(23)32/h1-2,6,8-14,19,34H,3-5,7,15-18,20H2,(H,35,36). The molecule has 0 unspecified atom stereocenters. The van der Waals surface area contributed by atoms with Crippen molar-refractivity contribution in [2.45, 2.75) is 32.1 Å². The van der Waals surface area contributed by atoms with Crippen LogP contribution in [0.2, 0.25) is 5.02 Å². The molecule has 194 valence electrons. The number of ether oxygens (including phenoxy) is 1. The predicted octanol–water partition coefficient (Wildman–Crippen LogP) is 6.75. The molecule has 0 fully saturated rings. The zero-order valence-electron chi connectivity index (χ0n) is 20.7. The minimum Gasteiger partial charge on any atom is -0.492 e. The number of aryl methyl sites for hydroxylation is 2. The van der Waals surface area contributed by atoms with Crippen LogP contribution in [0, 0.1) is 5.82 Å². The minimum atomic E-state index is -0.314. The predicted molar refractivity (Wildman–Crippen MR) is 152 cm³/mol. The Bertz CT molecular complexity index is 1250. The van der Waals surface area contributed by atoms with Crippen molar-refractivity contribution in [3.63, 3.8) is 0 Å². The van der Waals surface area contributed by atoms with Crippen molar-refractivity contribution in [2.24, 2.45) is 0 Å². The molecule has 0 saturated carbocycles. The average Bonchev–Trinajstić information content (AvgIpc) is 2.92. The van der Waals surface area contributed by atoms with Gasteiger partial charge in [0.25, 0.3) is 0 Å². The lowest BCUT2D eigenvalue weighted by atomic mass is 9.92. The second kappa shape index (κ2) is 13.8. The Hall–Kier alpha value is -2.67. The van der Waals surface area contributed by atoms with Crippen LogP contribution in [0.25, 0.3) is 5.57 Å². The smallest absolute Gasteiger partial charge is 0.248 e. The summed E-state index contributed by atoms with van der Waals surface area (Å²) in [5, 5.41) is 7.19. The Morgan fingerprint density at radius 3 is 2.68 bits per heavy atom. The van der Waals surface area contributed by atoms with Crippen LogP contribution < -0.4 is 15.4 Å². The van der Waals surface area contributed by atoms with E-state index in [1.807, 2.05) is 24.3 Å². The van der Waals surface area contributed by atoms with Crippen LogP contribution in [0.15, 0.2) is 76.8 Å². The van der Waals surface area contributed by atoms with Gasteiger partial charge < -0.3 is 15.4 Å². The fraction of sp³-hybridized carbons (Fsp3) is 0.300. The van der Waals surface area contributed by atoms with Gasteiger partial charge in [0.1, 0.15) is 11.6 Å². The summed E-state index contributed by atoms with van der Waals surface area (Å²) in [6, 6.07) is 20.7. The highest BCUT2D eigenvalue weighted by atomic mass is 79.9. The van der Waals surface area contributed by atoms with E-state index in [1.54, 1.807) is 6.07 Å². The molecular weight excluding hydrogens is 555 g/mol. The number of amides is 1. The molecule has 37 heavy (non-hydrogen) atoms. The minimum absolute atomic E-state index is 0.00825. The lowest BCUT2D eigenvalue weighted by Gasteiger charge is -2.21. The van der Waals surface area contributed by atoms with Crippen LogP contribution in [-0.2, 0) is 17.6 Å². The molecule has 0 radical (unpaired) electrons. The van der Waals surface area contributed by atoms with Gasteiger partial charge in [-0.25, -0.2) is 4.39 Å².